The van der Waals surface area contributed by atoms with E-state index < -0.39 is 0 Å². The maximum Gasteiger partial charge on any atom is 0.341 e. The highest BCUT2D eigenvalue weighted by Crippen LogP contribution is 2.46. The minimum absolute atomic E-state index is 0.499. The van der Waals surface area contributed by atoms with E-state index in [1.54, 1.807) is 5.57 Å². The lowest BCUT2D eigenvalue weighted by atomic mass is 9.68. The van der Waals surface area contributed by atoms with Crippen LogP contribution in [0.15, 0.2) is 11.6 Å². The number of nitrogens with two attached hydrogens (primary N) is 1. The molecule has 4 N–H and O–H groups in total. The molecule has 3 rings (SSSR count). The zero-order valence-corrected chi connectivity index (χ0v) is 13.0. The molecule has 112 valence electrons. The normalized spacial score (nSPS) is 41.2. The third kappa shape index (κ3) is 2.47. The van der Waals surface area contributed by atoms with Crippen molar-refractivity contribution < 1.29 is 4.99 Å². The van der Waals surface area contributed by atoms with Crippen molar-refractivity contribution in [3.8, 4) is 0 Å². The molecule has 3 heteroatoms. The summed E-state index contributed by atoms with van der Waals surface area (Å²) in [7, 11) is 0. The second-order valence-electron chi connectivity index (χ2n) is 7.04. The molecular weight excluding hydrogens is 246 g/mol. The molecule has 0 amide bonds. The molecule has 0 unspecified atom stereocenters. The lowest BCUT2D eigenvalue weighted by molar-refractivity contribution is -0.517. The molecule has 0 aromatic heterocycles. The van der Waals surface area contributed by atoms with Crippen molar-refractivity contribution in [3.05, 3.63) is 11.6 Å². The molecule has 0 saturated heterocycles. The SMILES string of the molecule is CCCCC/C=C1\[C@H](C)C[C@@H]2CC[C@@H]3NC(N)=[NH+][C@H]1[C@H]23. The van der Waals surface area contributed by atoms with Crippen LogP contribution in [-0.2, 0) is 0 Å². The molecule has 1 aliphatic heterocycles. The van der Waals surface area contributed by atoms with Gasteiger partial charge in [0, 0.05) is 5.92 Å². The zero-order chi connectivity index (χ0) is 14.1. The van der Waals surface area contributed by atoms with Crippen molar-refractivity contribution in [2.24, 2.45) is 23.5 Å². The Kier molecular flexibility index (Phi) is 4.04. The van der Waals surface area contributed by atoms with Gasteiger partial charge in [-0.2, -0.15) is 0 Å². The molecule has 1 heterocycles. The molecule has 3 aliphatic rings. The van der Waals surface area contributed by atoms with E-state index in [1.165, 1.54) is 44.9 Å². The van der Waals surface area contributed by atoms with Crippen molar-refractivity contribution in [1.82, 2.24) is 5.32 Å². The Labute approximate surface area is 123 Å². The monoisotopic (exact) mass is 276 g/mol. The number of nitrogens with one attached hydrogen (secondary N) is 2. The van der Waals surface area contributed by atoms with Crippen LogP contribution in [0.25, 0.3) is 0 Å². The largest absolute Gasteiger partial charge is 0.341 e. The minimum atomic E-state index is 0.499. The van der Waals surface area contributed by atoms with Crippen molar-refractivity contribution in [1.29, 1.82) is 0 Å². The quantitative estimate of drug-likeness (QED) is 0.535. The first-order chi connectivity index (χ1) is 9.70. The first-order valence-electron chi connectivity index (χ1n) is 8.56. The summed E-state index contributed by atoms with van der Waals surface area (Å²) in [4.78, 5) is 3.56. The van der Waals surface area contributed by atoms with Crippen molar-refractivity contribution in [3.63, 3.8) is 0 Å². The Balaban J connectivity index is 1.80. The van der Waals surface area contributed by atoms with Gasteiger partial charge in [0.05, 0.1) is 6.04 Å². The fourth-order valence-corrected chi connectivity index (χ4v) is 4.75. The number of hydrogen-bond acceptors (Lipinski definition) is 2. The molecule has 3 nitrogen and oxygen atoms in total. The number of guanidine groups is 1. The second kappa shape index (κ2) is 5.79. The highest BCUT2D eigenvalue weighted by Gasteiger charge is 2.51. The average molecular weight is 276 g/mol. The fourth-order valence-electron chi connectivity index (χ4n) is 4.75. The molecule has 20 heavy (non-hydrogen) atoms. The fraction of sp³-hybridized carbons (Fsp3) is 0.824. The summed E-state index contributed by atoms with van der Waals surface area (Å²) in [6.45, 7) is 4.68. The van der Waals surface area contributed by atoms with Gasteiger partial charge >= 0.3 is 5.96 Å². The van der Waals surface area contributed by atoms with Gasteiger partial charge in [-0.3, -0.25) is 16.0 Å². The molecule has 0 bridgehead atoms. The van der Waals surface area contributed by atoms with Crippen molar-refractivity contribution in [2.75, 3.05) is 0 Å². The Morgan fingerprint density at radius 2 is 2.20 bits per heavy atom. The summed E-state index contributed by atoms with van der Waals surface area (Å²) >= 11 is 0. The van der Waals surface area contributed by atoms with E-state index in [9.17, 15) is 0 Å². The van der Waals surface area contributed by atoms with Gasteiger partial charge in [0.1, 0.15) is 6.04 Å². The van der Waals surface area contributed by atoms with E-state index in [4.69, 9.17) is 5.73 Å². The van der Waals surface area contributed by atoms with E-state index in [2.05, 4.69) is 30.2 Å². The molecule has 0 spiro atoms. The Hall–Kier alpha value is -0.990. The third-order valence-electron chi connectivity index (χ3n) is 5.67. The molecular formula is C17H30N3+. The summed E-state index contributed by atoms with van der Waals surface area (Å²) in [5.41, 5.74) is 7.72. The topological polar surface area (TPSA) is 52.0 Å². The van der Waals surface area contributed by atoms with E-state index in [0.29, 0.717) is 12.1 Å². The number of hydrogen-bond donors (Lipinski definition) is 3. The minimum Gasteiger partial charge on any atom is -0.291 e. The highest BCUT2D eigenvalue weighted by atomic mass is 15.2. The molecule has 0 aromatic rings. The first kappa shape index (κ1) is 14.0. The molecule has 0 aromatic carbocycles. The van der Waals surface area contributed by atoms with Crippen LogP contribution in [-0.4, -0.2) is 18.0 Å². The van der Waals surface area contributed by atoms with Crippen molar-refractivity contribution in [2.45, 2.75) is 70.9 Å². The van der Waals surface area contributed by atoms with Crippen LogP contribution in [0.1, 0.15) is 58.8 Å². The Bertz CT molecular complexity index is 412. The van der Waals surface area contributed by atoms with Gasteiger partial charge in [-0.15, -0.1) is 0 Å². The number of allylic oxidation sites excluding steroid dienone is 1. The summed E-state index contributed by atoms with van der Waals surface area (Å²) in [6, 6.07) is 1.11. The van der Waals surface area contributed by atoms with Gasteiger partial charge in [0.15, 0.2) is 0 Å². The van der Waals surface area contributed by atoms with E-state index in [-0.39, 0.29) is 0 Å². The Morgan fingerprint density at radius 3 is 3.00 bits per heavy atom. The third-order valence-corrected chi connectivity index (χ3v) is 5.67. The van der Waals surface area contributed by atoms with Crippen LogP contribution in [0, 0.1) is 17.8 Å². The number of unbranched alkanes of at least 4 members (excludes halogenated alkanes) is 3. The van der Waals surface area contributed by atoms with Gasteiger partial charge < -0.3 is 0 Å². The van der Waals surface area contributed by atoms with E-state index in [0.717, 1.165) is 23.7 Å². The zero-order valence-electron chi connectivity index (χ0n) is 13.0. The summed E-state index contributed by atoms with van der Waals surface area (Å²) in [5.74, 6) is 3.17. The van der Waals surface area contributed by atoms with E-state index >= 15 is 0 Å². The van der Waals surface area contributed by atoms with Crippen LogP contribution >= 0.6 is 0 Å². The van der Waals surface area contributed by atoms with Gasteiger partial charge in [-0.25, -0.2) is 0 Å². The van der Waals surface area contributed by atoms with Gasteiger partial charge in [-0.05, 0) is 49.5 Å². The summed E-state index contributed by atoms with van der Waals surface area (Å²) in [5, 5.41) is 3.47. The van der Waals surface area contributed by atoms with Crippen LogP contribution < -0.4 is 16.0 Å². The lowest BCUT2D eigenvalue weighted by Crippen LogP contribution is -2.91. The van der Waals surface area contributed by atoms with Crippen LogP contribution in [0.2, 0.25) is 0 Å². The number of rotatable bonds is 4. The summed E-state index contributed by atoms with van der Waals surface area (Å²) < 4.78 is 0. The van der Waals surface area contributed by atoms with Gasteiger partial charge in [0.2, 0.25) is 0 Å². The predicted octanol–water partition coefficient (Wildman–Crippen LogP) is 1.29. The molecule has 2 saturated carbocycles. The predicted molar refractivity (Wildman–Crippen MR) is 83.1 cm³/mol. The molecule has 2 fully saturated rings. The smallest absolute Gasteiger partial charge is 0.291 e. The molecule has 2 aliphatic carbocycles. The summed E-state index contributed by atoms with van der Waals surface area (Å²) in [6.07, 6.45) is 11.8. The molecule has 0 radical (unpaired) electrons. The average Bonchev–Trinajstić information content (AvgIpc) is 2.80. The van der Waals surface area contributed by atoms with Crippen LogP contribution in [0.3, 0.4) is 0 Å². The van der Waals surface area contributed by atoms with Crippen LogP contribution in [0.5, 0.6) is 0 Å². The van der Waals surface area contributed by atoms with Gasteiger partial charge in [0.25, 0.3) is 0 Å². The van der Waals surface area contributed by atoms with E-state index in [1.807, 2.05) is 0 Å². The molecule has 5 atom stereocenters. The Morgan fingerprint density at radius 1 is 1.35 bits per heavy atom. The lowest BCUT2D eigenvalue weighted by Gasteiger charge is -2.41. The highest BCUT2D eigenvalue weighted by molar-refractivity contribution is 5.73. The van der Waals surface area contributed by atoms with Crippen molar-refractivity contribution >= 4 is 5.96 Å². The maximum atomic E-state index is 6.08. The maximum absolute atomic E-state index is 6.08. The second-order valence-corrected chi connectivity index (χ2v) is 7.04. The first-order valence-corrected chi connectivity index (χ1v) is 8.56. The standard InChI is InChI=1S/C17H29N3/c1-3-4-5-6-7-13-11(2)10-12-8-9-14-15(12)16(13)20-17(18)19-14/h7,11-12,14-16H,3-6,8-10H2,1-2H3,(H3,18,19,20)/p+1/b13-7+/t11-,12+,14+,15-,16-/m1/s1. The van der Waals surface area contributed by atoms with Crippen LogP contribution in [0.4, 0.5) is 0 Å². The van der Waals surface area contributed by atoms with Gasteiger partial charge in [-0.1, -0.05) is 32.8 Å².